The number of imide groups is 1. The molecule has 104 valence electrons. The smallest absolute Gasteiger partial charge is 0.323 e. The molecular weight excluding hydrogens is 272 g/mol. The predicted molar refractivity (Wildman–Crippen MR) is 63.3 cm³/mol. The number of likely N-dealkylation sites (tertiary alicyclic amines) is 1. The van der Waals surface area contributed by atoms with Gasteiger partial charge in [0.25, 0.3) is 5.91 Å². The highest BCUT2D eigenvalue weighted by Gasteiger charge is 2.34. The van der Waals surface area contributed by atoms with Crippen LogP contribution >= 0.6 is 0 Å². The summed E-state index contributed by atoms with van der Waals surface area (Å²) in [5, 5.41) is 8.60. The summed E-state index contributed by atoms with van der Waals surface area (Å²) in [5.74, 6) is -4.76. The number of hydrogen-bond donors (Lipinski definition) is 1. The average Bonchev–Trinajstić information content (AvgIpc) is 2.61. The van der Waals surface area contributed by atoms with Gasteiger partial charge in [-0.15, -0.1) is 0 Å². The number of benzene rings is 1. The van der Waals surface area contributed by atoms with Gasteiger partial charge in [0.2, 0.25) is 5.91 Å². The van der Waals surface area contributed by atoms with Crippen LogP contribution in [0.5, 0.6) is 0 Å². The number of rotatable bonds is 3. The zero-order valence-electron chi connectivity index (χ0n) is 10.1. The minimum atomic E-state index is -1.30. The van der Waals surface area contributed by atoms with Crippen molar-refractivity contribution in [2.75, 3.05) is 6.54 Å². The Hall–Kier alpha value is -2.57. The number of carboxylic acid groups (broad SMARTS) is 1. The first kappa shape index (κ1) is 13.9. The first-order valence-corrected chi connectivity index (χ1v) is 5.60. The number of carbonyl (C=O) groups is 3. The molecule has 1 heterocycles. The van der Waals surface area contributed by atoms with Crippen LogP contribution in [0.25, 0.3) is 6.08 Å². The topological polar surface area (TPSA) is 74.7 Å². The summed E-state index contributed by atoms with van der Waals surface area (Å²) in [4.78, 5) is 34.5. The fourth-order valence-corrected chi connectivity index (χ4v) is 1.83. The number of carbonyl (C=O) groups excluding carboxylic acids is 2. The third-order valence-electron chi connectivity index (χ3n) is 2.74. The molecule has 0 atom stereocenters. The molecule has 20 heavy (non-hydrogen) atoms. The van der Waals surface area contributed by atoms with Gasteiger partial charge in [-0.2, -0.15) is 0 Å². The molecule has 0 aliphatic carbocycles. The first-order chi connectivity index (χ1) is 9.38. The Balaban J connectivity index is 2.27. The van der Waals surface area contributed by atoms with E-state index < -0.39 is 36.0 Å². The fourth-order valence-electron chi connectivity index (χ4n) is 1.83. The summed E-state index contributed by atoms with van der Waals surface area (Å²) in [6.45, 7) is -0.715. The molecule has 0 bridgehead atoms. The molecule has 1 aromatic rings. The van der Waals surface area contributed by atoms with E-state index in [4.69, 9.17) is 5.11 Å². The van der Waals surface area contributed by atoms with Gasteiger partial charge in [-0.05, 0) is 23.8 Å². The van der Waals surface area contributed by atoms with Crippen LogP contribution < -0.4 is 0 Å². The van der Waals surface area contributed by atoms with Gasteiger partial charge >= 0.3 is 5.97 Å². The largest absolute Gasteiger partial charge is 0.480 e. The molecule has 7 heteroatoms. The molecule has 0 aromatic heterocycles. The summed E-state index contributed by atoms with van der Waals surface area (Å²) in [7, 11) is 0. The van der Waals surface area contributed by atoms with Crippen LogP contribution in [0.2, 0.25) is 0 Å². The molecule has 1 saturated heterocycles. The number of aliphatic carboxylic acids is 1. The number of hydrogen-bond acceptors (Lipinski definition) is 3. The second kappa shape index (κ2) is 5.20. The second-order valence-electron chi connectivity index (χ2n) is 4.20. The molecule has 5 nitrogen and oxygen atoms in total. The Kier molecular flexibility index (Phi) is 3.60. The van der Waals surface area contributed by atoms with E-state index in [1.54, 1.807) is 0 Å². The lowest BCUT2D eigenvalue weighted by molar-refractivity contribution is -0.148. The van der Waals surface area contributed by atoms with Crippen LogP contribution in [0.15, 0.2) is 23.8 Å². The molecule has 0 unspecified atom stereocenters. The summed E-state index contributed by atoms with van der Waals surface area (Å²) >= 11 is 0. The molecule has 1 N–H and O–H groups in total. The number of carboxylic acids is 1. The van der Waals surface area contributed by atoms with Gasteiger partial charge < -0.3 is 5.11 Å². The van der Waals surface area contributed by atoms with Crippen molar-refractivity contribution in [1.29, 1.82) is 0 Å². The lowest BCUT2D eigenvalue weighted by Gasteiger charge is -2.09. The summed E-state index contributed by atoms with van der Waals surface area (Å²) in [6, 6.07) is 3.04. The molecule has 2 rings (SSSR count). The molecule has 2 amide bonds. The van der Waals surface area contributed by atoms with Gasteiger partial charge in [0.1, 0.15) is 6.54 Å². The van der Waals surface area contributed by atoms with Crippen LogP contribution in [-0.4, -0.2) is 34.3 Å². The van der Waals surface area contributed by atoms with Crippen molar-refractivity contribution in [2.45, 2.75) is 6.42 Å². The van der Waals surface area contributed by atoms with Crippen molar-refractivity contribution in [2.24, 2.45) is 0 Å². The van der Waals surface area contributed by atoms with Gasteiger partial charge in [-0.1, -0.05) is 6.07 Å². The summed E-state index contributed by atoms with van der Waals surface area (Å²) in [6.07, 6.45) is 0.982. The standard InChI is InChI=1S/C13H9F2NO4/c14-9-2-1-7(4-10(9)15)3-8-5-11(17)16(13(8)20)6-12(18)19/h1-4H,5-6H2,(H,18,19)/b8-3+. The van der Waals surface area contributed by atoms with E-state index in [1.165, 1.54) is 12.1 Å². The maximum atomic E-state index is 13.0. The lowest BCUT2D eigenvalue weighted by atomic mass is 10.1. The third kappa shape index (κ3) is 2.71. The van der Waals surface area contributed by atoms with E-state index in [0.717, 1.165) is 12.1 Å². The quantitative estimate of drug-likeness (QED) is 0.667. The van der Waals surface area contributed by atoms with E-state index in [0.29, 0.717) is 4.90 Å². The molecule has 0 radical (unpaired) electrons. The Morgan fingerprint density at radius 3 is 2.60 bits per heavy atom. The van der Waals surface area contributed by atoms with Gasteiger partial charge in [0.05, 0.1) is 6.42 Å². The van der Waals surface area contributed by atoms with Gasteiger partial charge in [-0.25, -0.2) is 8.78 Å². The third-order valence-corrected chi connectivity index (χ3v) is 2.74. The zero-order valence-corrected chi connectivity index (χ0v) is 10.1. The highest BCUT2D eigenvalue weighted by atomic mass is 19.2. The van der Waals surface area contributed by atoms with Crippen molar-refractivity contribution in [3.8, 4) is 0 Å². The maximum absolute atomic E-state index is 13.0. The summed E-state index contributed by atoms with van der Waals surface area (Å²) in [5.41, 5.74) is 0.263. The second-order valence-corrected chi connectivity index (χ2v) is 4.20. The molecule has 1 aromatic carbocycles. The normalized spacial score (nSPS) is 17.1. The first-order valence-electron chi connectivity index (χ1n) is 5.60. The Morgan fingerprint density at radius 2 is 2.00 bits per heavy atom. The SMILES string of the molecule is O=C(O)CN1C(=O)C/C(=C\c2ccc(F)c(F)c2)C1=O. The van der Waals surface area contributed by atoms with E-state index >= 15 is 0 Å². The van der Waals surface area contributed by atoms with Crippen LogP contribution in [0.4, 0.5) is 8.78 Å². The number of amides is 2. The minimum Gasteiger partial charge on any atom is -0.480 e. The van der Waals surface area contributed by atoms with Gasteiger partial charge in [0.15, 0.2) is 11.6 Å². The average molecular weight is 281 g/mol. The maximum Gasteiger partial charge on any atom is 0.323 e. The molecule has 0 spiro atoms. The highest BCUT2D eigenvalue weighted by Crippen LogP contribution is 2.22. The zero-order chi connectivity index (χ0) is 14.9. The van der Waals surface area contributed by atoms with Crippen LogP contribution in [-0.2, 0) is 14.4 Å². The van der Waals surface area contributed by atoms with Crippen molar-refractivity contribution >= 4 is 23.9 Å². The van der Waals surface area contributed by atoms with E-state index in [2.05, 4.69) is 0 Å². The number of nitrogens with zero attached hydrogens (tertiary/aromatic N) is 1. The predicted octanol–water partition coefficient (Wildman–Crippen LogP) is 1.19. The van der Waals surface area contributed by atoms with Gasteiger partial charge in [0, 0.05) is 5.57 Å². The number of halogens is 2. The molecule has 1 aliphatic rings. The lowest BCUT2D eigenvalue weighted by Crippen LogP contribution is -2.34. The van der Waals surface area contributed by atoms with Crippen molar-refractivity contribution < 1.29 is 28.3 Å². The highest BCUT2D eigenvalue weighted by molar-refractivity contribution is 6.16. The van der Waals surface area contributed by atoms with Crippen molar-refractivity contribution in [3.05, 3.63) is 41.0 Å². The molecule has 1 aliphatic heterocycles. The summed E-state index contributed by atoms with van der Waals surface area (Å²) < 4.78 is 25.8. The monoisotopic (exact) mass is 281 g/mol. The van der Waals surface area contributed by atoms with Crippen molar-refractivity contribution in [1.82, 2.24) is 4.90 Å². The van der Waals surface area contributed by atoms with E-state index in [1.807, 2.05) is 0 Å². The van der Waals surface area contributed by atoms with Crippen LogP contribution in [0.1, 0.15) is 12.0 Å². The van der Waals surface area contributed by atoms with E-state index in [9.17, 15) is 23.2 Å². The van der Waals surface area contributed by atoms with Crippen molar-refractivity contribution in [3.63, 3.8) is 0 Å². The Bertz CT molecular complexity index is 639. The van der Waals surface area contributed by atoms with E-state index in [-0.39, 0.29) is 17.6 Å². The minimum absolute atomic E-state index is 0.0438. The molecule has 1 fully saturated rings. The Labute approximate surface area is 112 Å². The van der Waals surface area contributed by atoms with Crippen LogP contribution in [0.3, 0.4) is 0 Å². The molecule has 0 saturated carbocycles. The van der Waals surface area contributed by atoms with Crippen LogP contribution in [0, 0.1) is 11.6 Å². The Morgan fingerprint density at radius 1 is 1.30 bits per heavy atom. The van der Waals surface area contributed by atoms with Gasteiger partial charge in [-0.3, -0.25) is 19.3 Å². The molecular formula is C13H9F2NO4. The fraction of sp³-hybridized carbons (Fsp3) is 0.154.